The van der Waals surface area contributed by atoms with Gasteiger partial charge in [-0.2, -0.15) is 0 Å². The predicted molar refractivity (Wildman–Crippen MR) is 95.3 cm³/mol. The SMILES string of the molecule is CC[C@H](Oc1ccccc1Cl)C(=O)Nc1ccc(C(C)C)cc1. The zero-order valence-electron chi connectivity index (χ0n) is 13.7. The van der Waals surface area contributed by atoms with Gasteiger partial charge in [0.25, 0.3) is 5.91 Å². The number of halogens is 1. The van der Waals surface area contributed by atoms with Crippen molar-refractivity contribution in [2.45, 2.75) is 39.2 Å². The zero-order valence-corrected chi connectivity index (χ0v) is 14.4. The lowest BCUT2D eigenvalue weighted by atomic mass is 10.0. The quantitative estimate of drug-likeness (QED) is 0.784. The highest BCUT2D eigenvalue weighted by Crippen LogP contribution is 2.25. The van der Waals surface area contributed by atoms with Gasteiger partial charge in [-0.05, 0) is 42.2 Å². The van der Waals surface area contributed by atoms with Crippen molar-refractivity contribution in [2.75, 3.05) is 5.32 Å². The number of amides is 1. The molecule has 4 heteroatoms. The van der Waals surface area contributed by atoms with Crippen LogP contribution in [0.15, 0.2) is 48.5 Å². The van der Waals surface area contributed by atoms with Crippen LogP contribution in [-0.2, 0) is 4.79 Å². The van der Waals surface area contributed by atoms with Crippen molar-refractivity contribution >= 4 is 23.2 Å². The van der Waals surface area contributed by atoms with Gasteiger partial charge in [0.1, 0.15) is 5.75 Å². The van der Waals surface area contributed by atoms with Crippen LogP contribution in [0.1, 0.15) is 38.7 Å². The second-order valence-electron chi connectivity index (χ2n) is 5.71. The molecule has 1 N–H and O–H groups in total. The van der Waals surface area contributed by atoms with E-state index in [0.29, 0.717) is 23.1 Å². The number of para-hydroxylation sites is 1. The molecule has 0 saturated carbocycles. The van der Waals surface area contributed by atoms with E-state index in [4.69, 9.17) is 16.3 Å². The van der Waals surface area contributed by atoms with Crippen LogP contribution in [0.5, 0.6) is 5.75 Å². The number of hydrogen-bond donors (Lipinski definition) is 1. The first-order valence-corrected chi connectivity index (χ1v) is 8.21. The van der Waals surface area contributed by atoms with Crippen LogP contribution in [0, 0.1) is 0 Å². The summed E-state index contributed by atoms with van der Waals surface area (Å²) in [6.45, 7) is 6.18. The van der Waals surface area contributed by atoms with Gasteiger partial charge >= 0.3 is 0 Å². The maximum absolute atomic E-state index is 12.4. The molecular weight excluding hydrogens is 310 g/mol. The van der Waals surface area contributed by atoms with Crippen LogP contribution in [0.3, 0.4) is 0 Å². The van der Waals surface area contributed by atoms with Crippen LogP contribution in [-0.4, -0.2) is 12.0 Å². The Balaban J connectivity index is 2.04. The number of nitrogens with one attached hydrogen (secondary N) is 1. The van der Waals surface area contributed by atoms with E-state index in [9.17, 15) is 4.79 Å². The average molecular weight is 332 g/mol. The van der Waals surface area contributed by atoms with Gasteiger partial charge in [-0.15, -0.1) is 0 Å². The average Bonchev–Trinajstić information content (AvgIpc) is 2.54. The number of benzene rings is 2. The third kappa shape index (κ3) is 4.73. The fraction of sp³-hybridized carbons (Fsp3) is 0.316. The maximum Gasteiger partial charge on any atom is 0.265 e. The topological polar surface area (TPSA) is 38.3 Å². The summed E-state index contributed by atoms with van der Waals surface area (Å²) in [5, 5.41) is 3.39. The molecule has 0 aromatic heterocycles. The Bertz CT molecular complexity index is 653. The highest BCUT2D eigenvalue weighted by atomic mass is 35.5. The molecule has 2 rings (SSSR count). The van der Waals surface area contributed by atoms with Crippen molar-refractivity contribution in [3.8, 4) is 5.75 Å². The van der Waals surface area contributed by atoms with E-state index in [1.807, 2.05) is 43.3 Å². The molecule has 122 valence electrons. The molecule has 1 amide bonds. The molecule has 0 heterocycles. The van der Waals surface area contributed by atoms with Gasteiger partial charge in [0.2, 0.25) is 0 Å². The number of carbonyl (C=O) groups is 1. The number of anilines is 1. The van der Waals surface area contributed by atoms with Crippen molar-refractivity contribution in [1.82, 2.24) is 0 Å². The smallest absolute Gasteiger partial charge is 0.265 e. The molecule has 2 aromatic carbocycles. The molecular formula is C19H22ClNO2. The number of rotatable bonds is 6. The molecule has 0 radical (unpaired) electrons. The van der Waals surface area contributed by atoms with Crippen molar-refractivity contribution in [3.05, 3.63) is 59.1 Å². The zero-order chi connectivity index (χ0) is 16.8. The minimum Gasteiger partial charge on any atom is -0.479 e. The van der Waals surface area contributed by atoms with Crippen LogP contribution in [0.4, 0.5) is 5.69 Å². The Labute approximate surface area is 142 Å². The second-order valence-corrected chi connectivity index (χ2v) is 6.12. The monoisotopic (exact) mass is 331 g/mol. The number of carbonyl (C=O) groups excluding carboxylic acids is 1. The number of ether oxygens (including phenoxy) is 1. The summed E-state index contributed by atoms with van der Waals surface area (Å²) in [5.41, 5.74) is 2.00. The summed E-state index contributed by atoms with van der Waals surface area (Å²) < 4.78 is 5.75. The van der Waals surface area contributed by atoms with Crippen molar-refractivity contribution in [2.24, 2.45) is 0 Å². The molecule has 0 fully saturated rings. The molecule has 0 aliphatic carbocycles. The van der Waals surface area contributed by atoms with Gasteiger partial charge in [-0.25, -0.2) is 0 Å². The van der Waals surface area contributed by atoms with Gasteiger partial charge in [0, 0.05) is 5.69 Å². The summed E-state index contributed by atoms with van der Waals surface area (Å²) in [6.07, 6.45) is -0.0270. The fourth-order valence-corrected chi connectivity index (χ4v) is 2.37. The van der Waals surface area contributed by atoms with Gasteiger partial charge in [0.15, 0.2) is 6.10 Å². The van der Waals surface area contributed by atoms with Crippen molar-refractivity contribution in [3.63, 3.8) is 0 Å². The Morgan fingerprint density at radius 2 is 1.78 bits per heavy atom. The molecule has 0 aliphatic rings. The molecule has 1 atom stereocenters. The van der Waals surface area contributed by atoms with Gasteiger partial charge in [0.05, 0.1) is 5.02 Å². The van der Waals surface area contributed by atoms with E-state index in [0.717, 1.165) is 5.69 Å². The molecule has 0 saturated heterocycles. The fourth-order valence-electron chi connectivity index (χ4n) is 2.19. The minimum atomic E-state index is -0.584. The van der Waals surface area contributed by atoms with Crippen molar-refractivity contribution < 1.29 is 9.53 Å². The number of hydrogen-bond acceptors (Lipinski definition) is 2. The first-order chi connectivity index (χ1) is 11.0. The summed E-state index contributed by atoms with van der Waals surface area (Å²) >= 11 is 6.08. The van der Waals surface area contributed by atoms with E-state index < -0.39 is 6.10 Å². The first kappa shape index (κ1) is 17.4. The van der Waals surface area contributed by atoms with Crippen LogP contribution < -0.4 is 10.1 Å². The summed E-state index contributed by atoms with van der Waals surface area (Å²) in [5.74, 6) is 0.808. The third-order valence-corrected chi connectivity index (χ3v) is 3.93. The van der Waals surface area contributed by atoms with E-state index >= 15 is 0 Å². The Hall–Kier alpha value is -2.00. The van der Waals surface area contributed by atoms with Gasteiger partial charge in [-0.1, -0.05) is 56.6 Å². The molecule has 3 nitrogen and oxygen atoms in total. The minimum absolute atomic E-state index is 0.176. The molecule has 2 aromatic rings. The summed E-state index contributed by atoms with van der Waals surface area (Å²) in [7, 11) is 0. The van der Waals surface area contributed by atoms with E-state index in [-0.39, 0.29) is 5.91 Å². The first-order valence-electron chi connectivity index (χ1n) is 7.83. The largest absolute Gasteiger partial charge is 0.479 e. The molecule has 0 unspecified atom stereocenters. The molecule has 0 bridgehead atoms. The van der Waals surface area contributed by atoms with E-state index in [1.54, 1.807) is 12.1 Å². The summed E-state index contributed by atoms with van der Waals surface area (Å²) in [4.78, 5) is 12.4. The highest BCUT2D eigenvalue weighted by molar-refractivity contribution is 6.32. The summed E-state index contributed by atoms with van der Waals surface area (Å²) in [6, 6.07) is 15.0. The van der Waals surface area contributed by atoms with E-state index in [1.165, 1.54) is 5.56 Å². The normalized spacial score (nSPS) is 12.0. The lowest BCUT2D eigenvalue weighted by Gasteiger charge is -2.18. The Kier molecular flexibility index (Phi) is 6.05. The second kappa shape index (κ2) is 8.02. The van der Waals surface area contributed by atoms with Crippen LogP contribution in [0.2, 0.25) is 5.02 Å². The van der Waals surface area contributed by atoms with Crippen LogP contribution >= 0.6 is 11.6 Å². The van der Waals surface area contributed by atoms with Gasteiger partial charge in [-0.3, -0.25) is 4.79 Å². The lowest BCUT2D eigenvalue weighted by Crippen LogP contribution is -2.32. The Morgan fingerprint density at radius 3 is 2.35 bits per heavy atom. The van der Waals surface area contributed by atoms with Gasteiger partial charge < -0.3 is 10.1 Å². The molecule has 0 spiro atoms. The standard InChI is InChI=1S/C19H22ClNO2/c1-4-17(23-18-8-6-5-7-16(18)20)19(22)21-15-11-9-14(10-12-15)13(2)3/h5-13,17H,4H2,1-3H3,(H,21,22)/t17-/m0/s1. The van der Waals surface area contributed by atoms with E-state index in [2.05, 4.69) is 19.2 Å². The third-order valence-electron chi connectivity index (χ3n) is 3.61. The van der Waals surface area contributed by atoms with Crippen LogP contribution in [0.25, 0.3) is 0 Å². The maximum atomic E-state index is 12.4. The molecule has 23 heavy (non-hydrogen) atoms. The molecule has 0 aliphatic heterocycles. The Morgan fingerprint density at radius 1 is 1.13 bits per heavy atom. The van der Waals surface area contributed by atoms with Crippen molar-refractivity contribution in [1.29, 1.82) is 0 Å². The highest BCUT2D eigenvalue weighted by Gasteiger charge is 2.19. The lowest BCUT2D eigenvalue weighted by molar-refractivity contribution is -0.122. The predicted octanol–water partition coefficient (Wildman–Crippen LogP) is 5.26.